The maximum absolute atomic E-state index is 7.57. The van der Waals surface area contributed by atoms with E-state index < -0.39 is 0 Å². The van der Waals surface area contributed by atoms with Crippen LogP contribution in [0.2, 0.25) is 0 Å². The first-order valence-electron chi connectivity index (χ1n) is 1.02. The molecule has 0 aliphatic carbocycles. The standard InChI is InChI=1S/C2H6O.Na.H/c1-2-3;;/h3H,2H2,1H3;;/q;+1;-1/i;;1+1. The van der Waals surface area contributed by atoms with Crippen molar-refractivity contribution in [2.45, 2.75) is 6.92 Å². The van der Waals surface area contributed by atoms with E-state index in [1.165, 1.54) is 0 Å². The SMILES string of the molecule is CCO.[2H-].[Na+]. The molecule has 0 heterocycles. The van der Waals surface area contributed by atoms with Crippen molar-refractivity contribution in [3.63, 3.8) is 0 Å². The Labute approximate surface area is 49.8 Å². The van der Waals surface area contributed by atoms with Gasteiger partial charge in [0.15, 0.2) is 0 Å². The predicted molar refractivity (Wildman–Crippen MR) is 13.9 cm³/mol. The van der Waals surface area contributed by atoms with Crippen LogP contribution in [0, 0.1) is 0 Å². The number of hydrogen-bond donors (Lipinski definition) is 1. The zero-order valence-corrected chi connectivity index (χ0v) is 5.15. The molecule has 0 bridgehead atoms. The van der Waals surface area contributed by atoms with Crippen molar-refractivity contribution in [1.82, 2.24) is 0 Å². The van der Waals surface area contributed by atoms with E-state index >= 15 is 0 Å². The molecule has 0 aromatic carbocycles. The molecule has 0 aliphatic rings. The Morgan fingerprint density at radius 3 is 2.00 bits per heavy atom. The Morgan fingerprint density at radius 2 is 2.00 bits per heavy atom. The van der Waals surface area contributed by atoms with Gasteiger partial charge in [-0.2, -0.15) is 0 Å². The minimum absolute atomic E-state index is 0. The minimum atomic E-state index is 0. The summed E-state index contributed by atoms with van der Waals surface area (Å²) in [5.74, 6) is 0. The normalized spacial score (nSPS) is 4.50. The smallest absolute Gasteiger partial charge is 1.00 e. The van der Waals surface area contributed by atoms with Crippen molar-refractivity contribution < 1.29 is 36.1 Å². The second-order valence-electron chi connectivity index (χ2n) is 0.316. The average Bonchev–Trinajstić information content (AvgIpc) is 0.918. The zero-order valence-electron chi connectivity index (χ0n) is 4.15. The summed E-state index contributed by atoms with van der Waals surface area (Å²) < 4.78 is 0. The van der Waals surface area contributed by atoms with Gasteiger partial charge in [0.05, 0.1) is 0 Å². The number of hydrogen-bond acceptors (Lipinski definition) is 1. The third-order valence-corrected chi connectivity index (χ3v) is 0. The molecule has 0 atom stereocenters. The third kappa shape index (κ3) is 12.3. The summed E-state index contributed by atoms with van der Waals surface area (Å²) in [7, 11) is 0. The molecule has 2 heteroatoms. The Bertz CT molecular complexity index is 9.61. The van der Waals surface area contributed by atoms with Crippen molar-refractivity contribution >= 4 is 0 Å². The second-order valence-corrected chi connectivity index (χ2v) is 0.316. The van der Waals surface area contributed by atoms with E-state index in [-0.39, 0.29) is 37.6 Å². The molecule has 0 amide bonds. The largest absolute Gasteiger partial charge is 1.00 e. The van der Waals surface area contributed by atoms with E-state index in [0.29, 0.717) is 0 Å². The van der Waals surface area contributed by atoms with Crippen molar-refractivity contribution in [1.29, 1.82) is 0 Å². The van der Waals surface area contributed by atoms with Crippen LogP contribution in [0.25, 0.3) is 0 Å². The molecule has 1 N–H and O–H groups in total. The van der Waals surface area contributed by atoms with Crippen LogP contribution in [0.15, 0.2) is 0 Å². The molecule has 0 saturated carbocycles. The molecule has 4 heavy (non-hydrogen) atoms. The second kappa shape index (κ2) is 9.03. The van der Waals surface area contributed by atoms with Crippen LogP contribution in [-0.4, -0.2) is 11.7 Å². The fourth-order valence-electron chi connectivity index (χ4n) is 0. The zero-order chi connectivity index (χ0) is 2.71. The molecule has 0 radical (unpaired) electrons. The summed E-state index contributed by atoms with van der Waals surface area (Å²) in [6.45, 7) is 1.93. The summed E-state index contributed by atoms with van der Waals surface area (Å²) in [4.78, 5) is 0. The molecule has 1 nitrogen and oxygen atoms in total. The van der Waals surface area contributed by atoms with Gasteiger partial charge in [0, 0.05) is 6.61 Å². The van der Waals surface area contributed by atoms with Gasteiger partial charge in [-0.05, 0) is 6.92 Å². The number of rotatable bonds is 0. The summed E-state index contributed by atoms with van der Waals surface area (Å²) in [5.41, 5.74) is 0. The molecule has 0 saturated heterocycles. The Kier molecular flexibility index (Phi) is 20.0. The third-order valence-electron chi connectivity index (χ3n) is 0. The van der Waals surface area contributed by atoms with Gasteiger partial charge in [0.25, 0.3) is 0 Å². The van der Waals surface area contributed by atoms with Gasteiger partial charge < -0.3 is 6.53 Å². The summed E-state index contributed by atoms with van der Waals surface area (Å²) in [5, 5.41) is 7.57. The number of aliphatic hydroxyl groups excluding tert-OH is 1. The topological polar surface area (TPSA) is 20.2 Å². The first kappa shape index (κ1) is 8.88. The maximum Gasteiger partial charge on any atom is 1.00 e. The van der Waals surface area contributed by atoms with Crippen LogP contribution >= 0.6 is 0 Å². The Balaban J connectivity index is -0.0000000200. The van der Waals surface area contributed by atoms with E-state index in [0.717, 1.165) is 0 Å². The van der Waals surface area contributed by atoms with Crippen LogP contribution in [-0.2, 0) is 0 Å². The molecule has 0 fully saturated rings. The van der Waals surface area contributed by atoms with E-state index in [2.05, 4.69) is 0 Å². The first-order chi connectivity index (χ1) is 1.41. The Morgan fingerprint density at radius 1 is 2.00 bits per heavy atom. The maximum atomic E-state index is 7.57. The quantitative estimate of drug-likeness (QED) is 0.304. The van der Waals surface area contributed by atoms with Crippen LogP contribution < -0.4 is 29.6 Å². The molecule has 0 spiro atoms. The average molecular weight is 71.1 g/mol. The van der Waals surface area contributed by atoms with E-state index in [1.54, 1.807) is 6.92 Å². The van der Waals surface area contributed by atoms with Gasteiger partial charge >= 0.3 is 29.6 Å². The van der Waals surface area contributed by atoms with Crippen molar-refractivity contribution in [3.05, 3.63) is 0 Å². The summed E-state index contributed by atoms with van der Waals surface area (Å²) in [6.07, 6.45) is 0. The van der Waals surface area contributed by atoms with E-state index in [9.17, 15) is 0 Å². The molecule has 0 aliphatic heterocycles. The van der Waals surface area contributed by atoms with Gasteiger partial charge in [-0.25, -0.2) is 0 Å². The molecule has 0 aromatic heterocycles. The minimum Gasteiger partial charge on any atom is -1.00 e. The monoisotopic (exact) mass is 71.0 g/mol. The van der Waals surface area contributed by atoms with Crippen molar-refractivity contribution in [2.24, 2.45) is 0 Å². The molecule has 0 aromatic rings. The van der Waals surface area contributed by atoms with Crippen molar-refractivity contribution in [3.8, 4) is 0 Å². The summed E-state index contributed by atoms with van der Waals surface area (Å²) >= 11 is 0. The van der Waals surface area contributed by atoms with Crippen LogP contribution in [0.3, 0.4) is 0 Å². The van der Waals surface area contributed by atoms with Gasteiger partial charge in [-0.3, -0.25) is 0 Å². The van der Waals surface area contributed by atoms with Crippen LogP contribution in [0.5, 0.6) is 0 Å². The molecular formula is C2H7NaO. The fourth-order valence-corrected chi connectivity index (χ4v) is 0. The first-order valence-corrected chi connectivity index (χ1v) is 1.02. The fraction of sp³-hybridized carbons (Fsp3) is 1.00. The van der Waals surface area contributed by atoms with E-state index in [4.69, 9.17) is 5.11 Å². The number of aliphatic hydroxyl groups is 1. The van der Waals surface area contributed by atoms with Gasteiger partial charge in [0.2, 0.25) is 0 Å². The van der Waals surface area contributed by atoms with Crippen molar-refractivity contribution in [2.75, 3.05) is 6.61 Å². The van der Waals surface area contributed by atoms with Crippen LogP contribution in [0.4, 0.5) is 0 Å². The summed E-state index contributed by atoms with van der Waals surface area (Å²) in [6, 6.07) is 0. The molecule has 22 valence electrons. The molecule has 0 unspecified atom stereocenters. The van der Waals surface area contributed by atoms with Gasteiger partial charge in [-0.15, -0.1) is 0 Å². The Hall–Kier alpha value is 0.960. The van der Waals surface area contributed by atoms with Crippen LogP contribution in [0.1, 0.15) is 8.35 Å². The van der Waals surface area contributed by atoms with Gasteiger partial charge in [-0.1, -0.05) is 0 Å². The predicted octanol–water partition coefficient (Wildman–Crippen LogP) is -2.88. The molecular weight excluding hydrogens is 63.0 g/mol. The molecule has 0 rings (SSSR count). The van der Waals surface area contributed by atoms with E-state index in [1.807, 2.05) is 0 Å². The van der Waals surface area contributed by atoms with Gasteiger partial charge in [0.1, 0.15) is 0 Å².